The van der Waals surface area contributed by atoms with Gasteiger partial charge in [-0.05, 0) is 12.8 Å². The molecule has 1 aliphatic rings. The Morgan fingerprint density at radius 2 is 2.20 bits per heavy atom. The summed E-state index contributed by atoms with van der Waals surface area (Å²) >= 11 is 0. The first-order valence-electron chi connectivity index (χ1n) is 3.93. The molecule has 0 aromatic carbocycles. The van der Waals surface area contributed by atoms with E-state index in [1.54, 1.807) is 6.08 Å². The Labute approximate surface area is 62.2 Å². The van der Waals surface area contributed by atoms with Gasteiger partial charge >= 0.3 is 0 Å². The molecule has 0 spiro atoms. The Hall–Kier alpha value is -0.340. The van der Waals surface area contributed by atoms with Crippen LogP contribution in [-0.2, 0) is 4.84 Å². The second kappa shape index (κ2) is 4.47. The summed E-state index contributed by atoms with van der Waals surface area (Å²) in [6.45, 7) is 4.33. The predicted octanol–water partition coefficient (Wildman–Crippen LogP) is 1.64. The van der Waals surface area contributed by atoms with Crippen LogP contribution >= 0.6 is 0 Å². The minimum absolute atomic E-state index is 0.458. The molecule has 10 heavy (non-hydrogen) atoms. The number of nitrogens with one attached hydrogen (secondary N) is 1. The van der Waals surface area contributed by atoms with Gasteiger partial charge in [-0.15, -0.1) is 6.58 Å². The molecule has 0 amide bonds. The molecule has 1 rings (SSSR count). The highest BCUT2D eigenvalue weighted by molar-refractivity contribution is 4.69. The average molecular weight is 141 g/mol. The quantitative estimate of drug-likeness (QED) is 0.365. The zero-order chi connectivity index (χ0) is 7.23. The molecule has 0 bridgehead atoms. The van der Waals surface area contributed by atoms with E-state index >= 15 is 0 Å². The smallest absolute Gasteiger partial charge is 0.0790 e. The van der Waals surface area contributed by atoms with Crippen LogP contribution in [0.5, 0.6) is 0 Å². The molecular formula is C8H15NO. The van der Waals surface area contributed by atoms with E-state index in [4.69, 9.17) is 4.84 Å². The van der Waals surface area contributed by atoms with Gasteiger partial charge in [0.05, 0.1) is 6.10 Å². The second-order valence-electron chi connectivity index (χ2n) is 2.66. The van der Waals surface area contributed by atoms with Gasteiger partial charge in [-0.3, -0.25) is 4.84 Å². The van der Waals surface area contributed by atoms with Crippen LogP contribution in [0.25, 0.3) is 0 Å². The molecule has 1 saturated carbocycles. The minimum Gasteiger partial charge on any atom is -0.298 e. The van der Waals surface area contributed by atoms with Crippen molar-refractivity contribution in [2.45, 2.75) is 31.8 Å². The first kappa shape index (κ1) is 7.76. The van der Waals surface area contributed by atoms with Gasteiger partial charge in [-0.2, -0.15) is 5.48 Å². The molecule has 0 aromatic rings. The molecule has 0 aliphatic heterocycles. The van der Waals surface area contributed by atoms with Crippen molar-refractivity contribution < 1.29 is 4.84 Å². The Morgan fingerprint density at radius 3 is 2.80 bits per heavy atom. The fraction of sp³-hybridized carbons (Fsp3) is 0.750. The van der Waals surface area contributed by atoms with Crippen LogP contribution in [0, 0.1) is 0 Å². The van der Waals surface area contributed by atoms with E-state index in [1.165, 1.54) is 25.7 Å². The first-order chi connectivity index (χ1) is 4.93. The van der Waals surface area contributed by atoms with Crippen molar-refractivity contribution in [3.05, 3.63) is 12.7 Å². The summed E-state index contributed by atoms with van der Waals surface area (Å²) in [4.78, 5) is 5.32. The van der Waals surface area contributed by atoms with Crippen LogP contribution in [-0.4, -0.2) is 12.6 Å². The van der Waals surface area contributed by atoms with Crippen molar-refractivity contribution >= 4 is 0 Å². The molecule has 58 valence electrons. The standard InChI is InChI=1S/C8H15NO/c1-2-7-9-10-8-5-3-4-6-8/h2,8-9H,1,3-7H2. The zero-order valence-electron chi connectivity index (χ0n) is 6.31. The van der Waals surface area contributed by atoms with E-state index in [-0.39, 0.29) is 0 Å². The van der Waals surface area contributed by atoms with Crippen LogP contribution in [0.15, 0.2) is 12.7 Å². The summed E-state index contributed by atoms with van der Waals surface area (Å²) in [5, 5.41) is 0. The molecule has 0 heterocycles. The number of rotatable bonds is 4. The number of hydrogen-bond donors (Lipinski definition) is 1. The van der Waals surface area contributed by atoms with Crippen LogP contribution in [0.1, 0.15) is 25.7 Å². The molecule has 1 N–H and O–H groups in total. The van der Waals surface area contributed by atoms with E-state index < -0.39 is 0 Å². The molecule has 2 heteroatoms. The predicted molar refractivity (Wildman–Crippen MR) is 41.5 cm³/mol. The summed E-state index contributed by atoms with van der Waals surface area (Å²) in [5.74, 6) is 0. The first-order valence-corrected chi connectivity index (χ1v) is 3.93. The lowest BCUT2D eigenvalue weighted by Crippen LogP contribution is -2.21. The minimum atomic E-state index is 0.458. The summed E-state index contributed by atoms with van der Waals surface area (Å²) in [6.07, 6.45) is 7.32. The largest absolute Gasteiger partial charge is 0.298 e. The van der Waals surface area contributed by atoms with Gasteiger partial charge in [0.15, 0.2) is 0 Å². The van der Waals surface area contributed by atoms with Crippen LogP contribution < -0.4 is 5.48 Å². The van der Waals surface area contributed by atoms with Gasteiger partial charge in [0.25, 0.3) is 0 Å². The summed E-state index contributed by atoms with van der Waals surface area (Å²) in [5.41, 5.74) is 2.86. The maximum Gasteiger partial charge on any atom is 0.0790 e. The zero-order valence-corrected chi connectivity index (χ0v) is 6.31. The van der Waals surface area contributed by atoms with E-state index in [0.717, 1.165) is 6.54 Å². The van der Waals surface area contributed by atoms with Gasteiger partial charge in [0.1, 0.15) is 0 Å². The molecule has 0 radical (unpaired) electrons. The van der Waals surface area contributed by atoms with E-state index in [0.29, 0.717) is 6.10 Å². The van der Waals surface area contributed by atoms with Crippen molar-refractivity contribution in [1.29, 1.82) is 0 Å². The van der Waals surface area contributed by atoms with Gasteiger partial charge in [0.2, 0.25) is 0 Å². The van der Waals surface area contributed by atoms with Gasteiger partial charge in [0, 0.05) is 6.54 Å². The van der Waals surface area contributed by atoms with Crippen LogP contribution in [0.4, 0.5) is 0 Å². The second-order valence-corrected chi connectivity index (χ2v) is 2.66. The molecule has 1 fully saturated rings. The van der Waals surface area contributed by atoms with Crippen molar-refractivity contribution in [2.75, 3.05) is 6.54 Å². The highest BCUT2D eigenvalue weighted by Gasteiger charge is 2.14. The normalized spacial score (nSPS) is 19.6. The third kappa shape index (κ3) is 2.50. The Morgan fingerprint density at radius 1 is 1.50 bits per heavy atom. The Balaban J connectivity index is 1.96. The van der Waals surface area contributed by atoms with Crippen molar-refractivity contribution in [3.63, 3.8) is 0 Å². The number of hydroxylamine groups is 1. The van der Waals surface area contributed by atoms with Gasteiger partial charge in [-0.25, -0.2) is 0 Å². The third-order valence-corrected chi connectivity index (χ3v) is 1.78. The fourth-order valence-corrected chi connectivity index (χ4v) is 1.23. The number of hydrogen-bond acceptors (Lipinski definition) is 2. The molecule has 0 atom stereocenters. The Bertz CT molecular complexity index is 97.4. The molecule has 0 unspecified atom stereocenters. The molecule has 0 saturated heterocycles. The van der Waals surface area contributed by atoms with Crippen LogP contribution in [0.3, 0.4) is 0 Å². The topological polar surface area (TPSA) is 21.3 Å². The maximum atomic E-state index is 5.32. The maximum absolute atomic E-state index is 5.32. The third-order valence-electron chi connectivity index (χ3n) is 1.78. The van der Waals surface area contributed by atoms with Crippen molar-refractivity contribution in [2.24, 2.45) is 0 Å². The molecule has 0 aromatic heterocycles. The van der Waals surface area contributed by atoms with E-state index in [9.17, 15) is 0 Å². The lowest BCUT2D eigenvalue weighted by atomic mass is 10.3. The average Bonchev–Trinajstić information content (AvgIpc) is 2.41. The Kier molecular flexibility index (Phi) is 3.47. The lowest BCUT2D eigenvalue weighted by Gasteiger charge is -2.09. The van der Waals surface area contributed by atoms with E-state index in [2.05, 4.69) is 12.1 Å². The highest BCUT2D eigenvalue weighted by Crippen LogP contribution is 2.19. The lowest BCUT2D eigenvalue weighted by molar-refractivity contribution is -0.0148. The summed E-state index contributed by atoms with van der Waals surface area (Å²) in [6, 6.07) is 0. The van der Waals surface area contributed by atoms with Gasteiger partial charge in [-0.1, -0.05) is 18.9 Å². The van der Waals surface area contributed by atoms with Crippen LogP contribution in [0.2, 0.25) is 0 Å². The van der Waals surface area contributed by atoms with E-state index in [1.807, 2.05) is 0 Å². The summed E-state index contributed by atoms with van der Waals surface area (Å²) in [7, 11) is 0. The fourth-order valence-electron chi connectivity index (χ4n) is 1.23. The van der Waals surface area contributed by atoms with Gasteiger partial charge < -0.3 is 0 Å². The molecule has 2 nitrogen and oxygen atoms in total. The van der Waals surface area contributed by atoms with Crippen molar-refractivity contribution in [3.8, 4) is 0 Å². The summed E-state index contributed by atoms with van der Waals surface area (Å²) < 4.78 is 0. The SMILES string of the molecule is C=CCNOC1CCCC1. The highest BCUT2D eigenvalue weighted by atomic mass is 16.7. The molecule has 1 aliphatic carbocycles. The van der Waals surface area contributed by atoms with Crippen molar-refractivity contribution in [1.82, 2.24) is 5.48 Å². The monoisotopic (exact) mass is 141 g/mol. The molecular weight excluding hydrogens is 126 g/mol.